The third-order valence-electron chi connectivity index (χ3n) is 4.20. The van der Waals surface area contributed by atoms with Crippen LogP contribution in [-0.2, 0) is 6.54 Å². The quantitative estimate of drug-likeness (QED) is 0.731. The van der Waals surface area contributed by atoms with E-state index in [9.17, 15) is 14.0 Å². The molecule has 0 unspecified atom stereocenters. The average Bonchev–Trinajstić information content (AvgIpc) is 3.10. The topological polar surface area (TPSA) is 58.1 Å². The number of nitrogens with one attached hydrogen (secondary N) is 1. The average molecular weight is 353 g/mol. The predicted octanol–water partition coefficient (Wildman–Crippen LogP) is 3.41. The van der Waals surface area contributed by atoms with Crippen molar-refractivity contribution in [1.82, 2.24) is 14.5 Å². The fourth-order valence-corrected chi connectivity index (χ4v) is 2.91. The normalized spacial score (nSPS) is 11.4. The monoisotopic (exact) mass is 353 g/mol. The van der Waals surface area contributed by atoms with Crippen molar-refractivity contribution in [2.45, 2.75) is 13.5 Å². The van der Waals surface area contributed by atoms with E-state index in [0.29, 0.717) is 28.6 Å². The van der Waals surface area contributed by atoms with Crippen LogP contribution in [-0.4, -0.2) is 34.5 Å². The van der Waals surface area contributed by atoms with E-state index < -0.39 is 5.82 Å². The molecule has 0 aliphatic heterocycles. The Morgan fingerprint density at radius 3 is 2.77 bits per heavy atom. The summed E-state index contributed by atoms with van der Waals surface area (Å²) in [6, 6.07) is 6.02. The first-order valence-corrected chi connectivity index (χ1v) is 8.26. The summed E-state index contributed by atoms with van der Waals surface area (Å²) in [5.74, 6) is -0.777. The van der Waals surface area contributed by atoms with E-state index in [4.69, 9.17) is 0 Å². The number of allylic oxidation sites excluding steroid dienone is 2. The minimum absolute atomic E-state index is 0.146. The van der Waals surface area contributed by atoms with Crippen LogP contribution >= 0.6 is 0 Å². The smallest absolute Gasteiger partial charge is 0.275 e. The number of nitrogens with zero attached hydrogens (tertiary/aromatic N) is 2. The Morgan fingerprint density at radius 1 is 1.31 bits per heavy atom. The van der Waals surface area contributed by atoms with Gasteiger partial charge < -0.3 is 14.5 Å². The molecule has 2 heterocycles. The number of aromatic amines is 1. The van der Waals surface area contributed by atoms with Gasteiger partial charge in [0.25, 0.3) is 11.5 Å². The molecule has 134 valence electrons. The van der Waals surface area contributed by atoms with E-state index in [1.54, 1.807) is 43.2 Å². The molecule has 5 nitrogen and oxygen atoms in total. The predicted molar refractivity (Wildman–Crippen MR) is 101 cm³/mol. The van der Waals surface area contributed by atoms with E-state index in [-0.39, 0.29) is 17.0 Å². The fraction of sp³-hybridized carbons (Fsp3) is 0.200. The molecule has 3 aromatic rings. The van der Waals surface area contributed by atoms with Crippen molar-refractivity contribution in [2.24, 2.45) is 0 Å². The number of pyridine rings is 1. The SMILES string of the molecule is CC=CCn1cc(-c2cc(F)cc(C(=O)N(C)C)c2)c2cc[nH]c2c1=O. The number of aromatic nitrogens is 2. The number of amides is 1. The summed E-state index contributed by atoms with van der Waals surface area (Å²) in [6.07, 6.45) is 7.12. The maximum atomic E-state index is 14.2. The van der Waals surface area contributed by atoms with Gasteiger partial charge in [0, 0.05) is 49.5 Å². The van der Waals surface area contributed by atoms with Gasteiger partial charge in [0.05, 0.1) is 0 Å². The standard InChI is InChI=1S/C20H20FN3O2/c1-4-5-8-24-12-17(16-6-7-22-18(16)20(24)26)13-9-14(11-15(21)10-13)19(25)23(2)3/h4-7,9-12,22H,8H2,1-3H3. The van der Waals surface area contributed by atoms with Gasteiger partial charge in [0.15, 0.2) is 0 Å². The molecule has 1 aromatic carbocycles. The van der Waals surface area contributed by atoms with Gasteiger partial charge in [-0.25, -0.2) is 4.39 Å². The number of carbonyl (C=O) groups excluding carboxylic acids is 1. The molecule has 6 heteroatoms. The summed E-state index contributed by atoms with van der Waals surface area (Å²) in [6.45, 7) is 2.29. The van der Waals surface area contributed by atoms with E-state index in [1.807, 2.05) is 19.1 Å². The summed E-state index contributed by atoms with van der Waals surface area (Å²) < 4.78 is 15.7. The van der Waals surface area contributed by atoms with Gasteiger partial charge in [-0.05, 0) is 36.8 Å². The molecule has 0 saturated carbocycles. The van der Waals surface area contributed by atoms with Crippen molar-refractivity contribution < 1.29 is 9.18 Å². The minimum atomic E-state index is -0.498. The van der Waals surface area contributed by atoms with E-state index in [2.05, 4.69) is 4.98 Å². The highest BCUT2D eigenvalue weighted by molar-refractivity contribution is 5.98. The van der Waals surface area contributed by atoms with Crippen LogP contribution in [0.2, 0.25) is 0 Å². The third-order valence-corrected chi connectivity index (χ3v) is 4.20. The number of hydrogen-bond donors (Lipinski definition) is 1. The molecule has 1 amide bonds. The number of H-pyrrole nitrogens is 1. The van der Waals surface area contributed by atoms with Gasteiger partial charge in [0.1, 0.15) is 11.3 Å². The van der Waals surface area contributed by atoms with Crippen molar-refractivity contribution in [3.63, 3.8) is 0 Å². The first-order chi connectivity index (χ1) is 12.4. The fourth-order valence-electron chi connectivity index (χ4n) is 2.91. The summed E-state index contributed by atoms with van der Waals surface area (Å²) in [5, 5.41) is 0.695. The van der Waals surface area contributed by atoms with Crippen LogP contribution in [0.15, 0.2) is 53.6 Å². The van der Waals surface area contributed by atoms with Gasteiger partial charge in [0.2, 0.25) is 0 Å². The second-order valence-electron chi connectivity index (χ2n) is 6.26. The number of carbonyl (C=O) groups is 1. The Kier molecular flexibility index (Phi) is 4.75. The van der Waals surface area contributed by atoms with Crippen molar-refractivity contribution in [3.05, 3.63) is 70.5 Å². The Hall–Kier alpha value is -3.15. The molecule has 0 aliphatic rings. The van der Waals surface area contributed by atoms with Gasteiger partial charge in [-0.2, -0.15) is 0 Å². The number of fused-ring (bicyclic) bond motifs is 1. The van der Waals surface area contributed by atoms with Gasteiger partial charge >= 0.3 is 0 Å². The second-order valence-corrected chi connectivity index (χ2v) is 6.26. The largest absolute Gasteiger partial charge is 0.357 e. The van der Waals surface area contributed by atoms with E-state index in [1.165, 1.54) is 17.0 Å². The van der Waals surface area contributed by atoms with Crippen LogP contribution in [0.4, 0.5) is 4.39 Å². The Morgan fingerprint density at radius 2 is 2.08 bits per heavy atom. The van der Waals surface area contributed by atoms with Gasteiger partial charge in [-0.3, -0.25) is 9.59 Å². The van der Waals surface area contributed by atoms with Crippen molar-refractivity contribution in [3.8, 4) is 11.1 Å². The molecule has 0 saturated heterocycles. The zero-order valence-electron chi connectivity index (χ0n) is 14.9. The summed E-state index contributed by atoms with van der Waals surface area (Å²) in [7, 11) is 3.24. The third kappa shape index (κ3) is 3.18. The molecule has 0 atom stereocenters. The maximum Gasteiger partial charge on any atom is 0.275 e. The minimum Gasteiger partial charge on any atom is -0.357 e. The van der Waals surface area contributed by atoms with Gasteiger partial charge in [-0.1, -0.05) is 12.2 Å². The van der Waals surface area contributed by atoms with Gasteiger partial charge in [-0.15, -0.1) is 0 Å². The lowest BCUT2D eigenvalue weighted by molar-refractivity contribution is 0.0827. The lowest BCUT2D eigenvalue weighted by Gasteiger charge is -2.13. The first-order valence-electron chi connectivity index (χ1n) is 8.26. The van der Waals surface area contributed by atoms with Crippen LogP contribution in [0.5, 0.6) is 0 Å². The molecular weight excluding hydrogens is 333 g/mol. The van der Waals surface area contributed by atoms with E-state index >= 15 is 0 Å². The van der Waals surface area contributed by atoms with E-state index in [0.717, 1.165) is 0 Å². The molecule has 0 spiro atoms. The summed E-state index contributed by atoms with van der Waals surface area (Å²) in [5.41, 5.74) is 1.82. The van der Waals surface area contributed by atoms with Crippen LogP contribution < -0.4 is 5.56 Å². The van der Waals surface area contributed by atoms with Crippen LogP contribution in [0.25, 0.3) is 22.0 Å². The number of halogens is 1. The lowest BCUT2D eigenvalue weighted by Crippen LogP contribution is -2.22. The summed E-state index contributed by atoms with van der Waals surface area (Å²) in [4.78, 5) is 29.2. The molecule has 3 rings (SSSR count). The molecule has 1 N–H and O–H groups in total. The number of hydrogen-bond acceptors (Lipinski definition) is 2. The van der Waals surface area contributed by atoms with Crippen LogP contribution in [0.1, 0.15) is 17.3 Å². The Balaban J connectivity index is 2.25. The zero-order chi connectivity index (χ0) is 18.8. The highest BCUT2D eigenvalue weighted by Gasteiger charge is 2.15. The summed E-state index contributed by atoms with van der Waals surface area (Å²) >= 11 is 0. The molecule has 0 aliphatic carbocycles. The highest BCUT2D eigenvalue weighted by Crippen LogP contribution is 2.28. The molecule has 0 fully saturated rings. The van der Waals surface area contributed by atoms with Crippen molar-refractivity contribution in [2.75, 3.05) is 14.1 Å². The molecule has 2 aromatic heterocycles. The first kappa shape index (κ1) is 17.7. The van der Waals surface area contributed by atoms with Crippen LogP contribution in [0.3, 0.4) is 0 Å². The molecule has 26 heavy (non-hydrogen) atoms. The molecule has 0 radical (unpaired) electrons. The molecule has 0 bridgehead atoms. The number of benzene rings is 1. The second kappa shape index (κ2) is 7.00. The molecular formula is C20H20FN3O2. The Labute approximate surface area is 150 Å². The Bertz CT molecular complexity index is 1060. The van der Waals surface area contributed by atoms with Crippen molar-refractivity contribution >= 4 is 16.8 Å². The van der Waals surface area contributed by atoms with Crippen LogP contribution in [0, 0.1) is 5.82 Å². The zero-order valence-corrected chi connectivity index (χ0v) is 14.9. The lowest BCUT2D eigenvalue weighted by atomic mass is 10.0. The maximum absolute atomic E-state index is 14.2. The van der Waals surface area contributed by atoms with Crippen molar-refractivity contribution in [1.29, 1.82) is 0 Å². The highest BCUT2D eigenvalue weighted by atomic mass is 19.1. The number of rotatable bonds is 4.